The van der Waals surface area contributed by atoms with Crippen molar-refractivity contribution in [3.63, 3.8) is 0 Å². The molecule has 1 saturated heterocycles. The van der Waals surface area contributed by atoms with Gasteiger partial charge in [-0.1, -0.05) is 37.3 Å². The smallest absolute Gasteiger partial charge is 0.274 e. The van der Waals surface area contributed by atoms with E-state index < -0.39 is 0 Å². The quantitative estimate of drug-likeness (QED) is 0.867. The van der Waals surface area contributed by atoms with Crippen LogP contribution in [-0.4, -0.2) is 51.9 Å². The maximum atomic E-state index is 12.6. The Balaban J connectivity index is 1.60. The molecule has 0 aliphatic carbocycles. The van der Waals surface area contributed by atoms with Gasteiger partial charge < -0.3 is 4.90 Å². The number of rotatable bonds is 4. The number of carbonyl (C=O) groups is 1. The second kappa shape index (κ2) is 7.53. The number of piperidine rings is 1. The van der Waals surface area contributed by atoms with E-state index >= 15 is 0 Å². The highest BCUT2D eigenvalue weighted by atomic mass is 16.2. The van der Waals surface area contributed by atoms with Crippen molar-refractivity contribution in [1.82, 2.24) is 19.8 Å². The van der Waals surface area contributed by atoms with E-state index in [1.807, 2.05) is 18.0 Å². The standard InChI is InChI=1S/C19H24N4O/c1-15-13-23(14-16-6-4-3-5-7-16)11-8-18(15)22(2)19(24)17-12-20-9-10-21-17/h3-7,9-10,12,15,18H,8,11,13-14H2,1-2H3/t15-,18-/m0/s1. The summed E-state index contributed by atoms with van der Waals surface area (Å²) in [7, 11) is 1.88. The Bertz CT molecular complexity index is 662. The monoisotopic (exact) mass is 324 g/mol. The molecular weight excluding hydrogens is 300 g/mol. The average Bonchev–Trinajstić information content (AvgIpc) is 2.62. The second-order valence-corrected chi connectivity index (χ2v) is 6.56. The number of hydrogen-bond acceptors (Lipinski definition) is 4. The van der Waals surface area contributed by atoms with Gasteiger partial charge in [-0.05, 0) is 17.9 Å². The zero-order chi connectivity index (χ0) is 16.9. The molecule has 2 heterocycles. The molecule has 3 rings (SSSR count). The predicted molar refractivity (Wildman–Crippen MR) is 93.4 cm³/mol. The SMILES string of the molecule is C[C@H]1CN(Cc2ccccc2)CC[C@@H]1N(C)C(=O)c1cnccn1. The molecule has 0 spiro atoms. The van der Waals surface area contributed by atoms with Crippen LogP contribution in [-0.2, 0) is 6.54 Å². The molecule has 1 fully saturated rings. The fourth-order valence-corrected chi connectivity index (χ4v) is 3.52. The Kier molecular flexibility index (Phi) is 5.20. The molecule has 0 saturated carbocycles. The third-order valence-electron chi connectivity index (χ3n) is 4.79. The fourth-order valence-electron chi connectivity index (χ4n) is 3.52. The minimum Gasteiger partial charge on any atom is -0.337 e. The van der Waals surface area contributed by atoms with Crippen LogP contribution in [0.5, 0.6) is 0 Å². The Morgan fingerprint density at radius 2 is 2.08 bits per heavy atom. The Hall–Kier alpha value is -2.27. The van der Waals surface area contributed by atoms with Crippen molar-refractivity contribution >= 4 is 5.91 Å². The molecule has 126 valence electrons. The Labute approximate surface area is 143 Å². The highest BCUT2D eigenvalue weighted by Crippen LogP contribution is 2.23. The van der Waals surface area contributed by atoms with Crippen molar-refractivity contribution in [3.05, 3.63) is 60.2 Å². The van der Waals surface area contributed by atoms with Gasteiger partial charge >= 0.3 is 0 Å². The van der Waals surface area contributed by atoms with Gasteiger partial charge in [0.25, 0.3) is 5.91 Å². The van der Waals surface area contributed by atoms with Gasteiger partial charge in [0.2, 0.25) is 0 Å². The van der Waals surface area contributed by atoms with Crippen LogP contribution in [0.4, 0.5) is 0 Å². The summed E-state index contributed by atoms with van der Waals surface area (Å²) in [6, 6.07) is 10.8. The lowest BCUT2D eigenvalue weighted by Crippen LogP contribution is -2.50. The molecule has 0 radical (unpaired) electrons. The van der Waals surface area contributed by atoms with Gasteiger partial charge in [0.1, 0.15) is 5.69 Å². The second-order valence-electron chi connectivity index (χ2n) is 6.56. The van der Waals surface area contributed by atoms with Crippen LogP contribution in [0.2, 0.25) is 0 Å². The van der Waals surface area contributed by atoms with Crippen LogP contribution in [0.15, 0.2) is 48.9 Å². The molecule has 5 heteroatoms. The van der Waals surface area contributed by atoms with E-state index in [1.54, 1.807) is 12.4 Å². The molecule has 1 aliphatic heterocycles. The van der Waals surface area contributed by atoms with E-state index in [2.05, 4.69) is 46.1 Å². The topological polar surface area (TPSA) is 49.3 Å². The van der Waals surface area contributed by atoms with Crippen molar-refractivity contribution in [2.75, 3.05) is 20.1 Å². The van der Waals surface area contributed by atoms with Crippen molar-refractivity contribution < 1.29 is 4.79 Å². The van der Waals surface area contributed by atoms with E-state index in [1.165, 1.54) is 11.8 Å². The van der Waals surface area contributed by atoms with Gasteiger partial charge in [0.15, 0.2) is 0 Å². The van der Waals surface area contributed by atoms with Gasteiger partial charge in [0, 0.05) is 45.1 Å². The maximum absolute atomic E-state index is 12.6. The first-order valence-corrected chi connectivity index (χ1v) is 8.44. The van der Waals surface area contributed by atoms with Gasteiger partial charge in [-0.3, -0.25) is 14.7 Å². The molecule has 1 aliphatic rings. The molecule has 0 N–H and O–H groups in total. The van der Waals surface area contributed by atoms with Gasteiger partial charge in [-0.15, -0.1) is 0 Å². The van der Waals surface area contributed by atoms with Crippen LogP contribution in [0, 0.1) is 5.92 Å². The molecule has 5 nitrogen and oxygen atoms in total. The zero-order valence-electron chi connectivity index (χ0n) is 14.3. The summed E-state index contributed by atoms with van der Waals surface area (Å²) in [5, 5.41) is 0. The first-order valence-electron chi connectivity index (χ1n) is 8.44. The summed E-state index contributed by atoms with van der Waals surface area (Å²) in [6.45, 7) is 5.20. The average molecular weight is 324 g/mol. The van der Waals surface area contributed by atoms with Crippen LogP contribution in [0.3, 0.4) is 0 Å². The van der Waals surface area contributed by atoms with E-state index in [0.717, 1.165) is 26.1 Å². The van der Waals surface area contributed by atoms with E-state index in [0.29, 0.717) is 11.6 Å². The number of benzene rings is 1. The summed E-state index contributed by atoms with van der Waals surface area (Å²) < 4.78 is 0. The molecule has 1 aromatic heterocycles. The highest BCUT2D eigenvalue weighted by molar-refractivity contribution is 5.92. The van der Waals surface area contributed by atoms with Gasteiger partial charge in [-0.2, -0.15) is 0 Å². The number of aromatic nitrogens is 2. The summed E-state index contributed by atoms with van der Waals surface area (Å²) in [6.07, 6.45) is 5.67. The summed E-state index contributed by atoms with van der Waals surface area (Å²) in [5.41, 5.74) is 1.76. The zero-order valence-corrected chi connectivity index (χ0v) is 14.3. The van der Waals surface area contributed by atoms with Crippen LogP contribution >= 0.6 is 0 Å². The maximum Gasteiger partial charge on any atom is 0.274 e. The van der Waals surface area contributed by atoms with Crippen LogP contribution < -0.4 is 0 Å². The van der Waals surface area contributed by atoms with Gasteiger partial charge in [-0.25, -0.2) is 4.98 Å². The summed E-state index contributed by atoms with van der Waals surface area (Å²) in [5.74, 6) is 0.379. The third kappa shape index (κ3) is 3.79. The fraction of sp³-hybridized carbons (Fsp3) is 0.421. The summed E-state index contributed by atoms with van der Waals surface area (Å²) in [4.78, 5) is 25.0. The molecule has 0 unspecified atom stereocenters. The molecule has 2 aromatic rings. The van der Waals surface area contributed by atoms with E-state index in [-0.39, 0.29) is 11.9 Å². The van der Waals surface area contributed by atoms with Crippen molar-refractivity contribution in [1.29, 1.82) is 0 Å². The lowest BCUT2D eigenvalue weighted by molar-refractivity contribution is 0.0492. The Morgan fingerprint density at radius 3 is 2.75 bits per heavy atom. The number of nitrogens with zero attached hydrogens (tertiary/aromatic N) is 4. The van der Waals surface area contributed by atoms with Gasteiger partial charge in [0.05, 0.1) is 6.20 Å². The molecule has 24 heavy (non-hydrogen) atoms. The summed E-state index contributed by atoms with van der Waals surface area (Å²) >= 11 is 0. The van der Waals surface area contributed by atoms with E-state index in [9.17, 15) is 4.79 Å². The molecule has 0 bridgehead atoms. The minimum atomic E-state index is -0.0449. The first kappa shape index (κ1) is 16.6. The van der Waals surface area contributed by atoms with E-state index in [4.69, 9.17) is 0 Å². The molecule has 1 amide bonds. The minimum absolute atomic E-state index is 0.0449. The highest BCUT2D eigenvalue weighted by Gasteiger charge is 2.31. The van der Waals surface area contributed by atoms with Crippen LogP contribution in [0.25, 0.3) is 0 Å². The third-order valence-corrected chi connectivity index (χ3v) is 4.79. The first-order chi connectivity index (χ1) is 11.6. The predicted octanol–water partition coefficient (Wildman–Crippen LogP) is 2.46. The number of amides is 1. The lowest BCUT2D eigenvalue weighted by atomic mass is 9.92. The Morgan fingerprint density at radius 1 is 1.29 bits per heavy atom. The van der Waals surface area contributed by atoms with Crippen molar-refractivity contribution in [2.45, 2.75) is 25.9 Å². The molecule has 2 atom stereocenters. The van der Waals surface area contributed by atoms with Crippen LogP contribution in [0.1, 0.15) is 29.4 Å². The normalized spacial score (nSPS) is 21.4. The number of hydrogen-bond donors (Lipinski definition) is 0. The molecular formula is C19H24N4O. The molecule has 1 aromatic carbocycles. The lowest BCUT2D eigenvalue weighted by Gasteiger charge is -2.41. The van der Waals surface area contributed by atoms with Crippen molar-refractivity contribution in [2.24, 2.45) is 5.92 Å². The van der Waals surface area contributed by atoms with Crippen molar-refractivity contribution in [3.8, 4) is 0 Å². The number of carbonyl (C=O) groups excluding carboxylic acids is 1. The largest absolute Gasteiger partial charge is 0.337 e. The number of likely N-dealkylation sites (tertiary alicyclic amines) is 1.